The molecular weight excluding hydrogens is 244 g/mol. The minimum atomic E-state index is 0.384. The van der Waals surface area contributed by atoms with E-state index in [9.17, 15) is 4.79 Å². The van der Waals surface area contributed by atoms with Crippen LogP contribution in [-0.2, 0) is 4.79 Å². The molecule has 0 amide bonds. The molecular formula is C19H34O. The number of unbranched alkanes of at least 4 members (excludes halogenated alkanes) is 1. The van der Waals surface area contributed by atoms with Crippen LogP contribution in [0.2, 0.25) is 0 Å². The highest BCUT2D eigenvalue weighted by Gasteiger charge is 2.27. The summed E-state index contributed by atoms with van der Waals surface area (Å²) in [5.41, 5.74) is 0. The molecule has 0 aliphatic heterocycles. The molecule has 0 saturated heterocycles. The molecule has 2 unspecified atom stereocenters. The van der Waals surface area contributed by atoms with E-state index in [0.29, 0.717) is 5.92 Å². The van der Waals surface area contributed by atoms with Crippen LogP contribution in [0.1, 0.15) is 84.5 Å². The lowest BCUT2D eigenvalue weighted by atomic mass is 9.71. The van der Waals surface area contributed by atoms with Crippen LogP contribution in [-0.4, -0.2) is 6.29 Å². The van der Waals surface area contributed by atoms with Crippen molar-refractivity contribution in [1.82, 2.24) is 0 Å². The van der Waals surface area contributed by atoms with Crippen LogP contribution >= 0.6 is 0 Å². The Labute approximate surface area is 125 Å². The summed E-state index contributed by atoms with van der Waals surface area (Å²) < 4.78 is 0. The second-order valence-electron chi connectivity index (χ2n) is 7.75. The molecule has 2 aliphatic rings. The van der Waals surface area contributed by atoms with Crippen molar-refractivity contribution < 1.29 is 4.79 Å². The van der Waals surface area contributed by atoms with Crippen molar-refractivity contribution in [2.45, 2.75) is 84.5 Å². The van der Waals surface area contributed by atoms with Crippen LogP contribution < -0.4 is 0 Å². The second-order valence-corrected chi connectivity index (χ2v) is 7.75. The van der Waals surface area contributed by atoms with Gasteiger partial charge >= 0.3 is 0 Å². The molecule has 2 fully saturated rings. The molecule has 1 nitrogen and oxygen atoms in total. The quantitative estimate of drug-likeness (QED) is 0.455. The number of rotatable bonds is 6. The van der Waals surface area contributed by atoms with E-state index in [4.69, 9.17) is 0 Å². The van der Waals surface area contributed by atoms with Crippen molar-refractivity contribution in [3.63, 3.8) is 0 Å². The molecule has 116 valence electrons. The van der Waals surface area contributed by atoms with Crippen molar-refractivity contribution >= 4 is 6.29 Å². The maximum Gasteiger partial charge on any atom is 0.123 e. The summed E-state index contributed by atoms with van der Waals surface area (Å²) in [6.45, 7) is 4.95. The number of carbonyl (C=O) groups is 1. The lowest BCUT2D eigenvalue weighted by molar-refractivity contribution is -0.112. The molecule has 0 spiro atoms. The van der Waals surface area contributed by atoms with E-state index >= 15 is 0 Å². The first-order valence-electron chi connectivity index (χ1n) is 9.16. The Morgan fingerprint density at radius 2 is 1.45 bits per heavy atom. The first-order chi connectivity index (χ1) is 9.70. The topological polar surface area (TPSA) is 17.1 Å². The smallest absolute Gasteiger partial charge is 0.123 e. The molecule has 20 heavy (non-hydrogen) atoms. The van der Waals surface area contributed by atoms with Crippen LogP contribution in [0.15, 0.2) is 0 Å². The van der Waals surface area contributed by atoms with Gasteiger partial charge in [0.25, 0.3) is 0 Å². The minimum absolute atomic E-state index is 0.384. The molecule has 0 aromatic heterocycles. The summed E-state index contributed by atoms with van der Waals surface area (Å²) in [6, 6.07) is 0. The third-order valence-electron chi connectivity index (χ3n) is 6.26. The van der Waals surface area contributed by atoms with Gasteiger partial charge < -0.3 is 4.79 Å². The molecule has 0 N–H and O–H groups in total. The first kappa shape index (κ1) is 16.0. The Balaban J connectivity index is 1.58. The van der Waals surface area contributed by atoms with Crippen LogP contribution in [0, 0.1) is 29.6 Å². The number of aldehydes is 1. The fraction of sp³-hybridized carbons (Fsp3) is 0.947. The van der Waals surface area contributed by atoms with Gasteiger partial charge in [-0.15, -0.1) is 0 Å². The van der Waals surface area contributed by atoms with E-state index in [1.54, 1.807) is 0 Å². The third-order valence-corrected chi connectivity index (χ3v) is 6.26. The maximum atomic E-state index is 10.8. The van der Waals surface area contributed by atoms with Crippen molar-refractivity contribution in [1.29, 1.82) is 0 Å². The molecule has 1 heteroatoms. The zero-order valence-electron chi connectivity index (χ0n) is 13.7. The van der Waals surface area contributed by atoms with Gasteiger partial charge in [-0.25, -0.2) is 0 Å². The molecule has 0 heterocycles. The average Bonchev–Trinajstić information content (AvgIpc) is 2.46. The fourth-order valence-corrected chi connectivity index (χ4v) is 4.75. The summed E-state index contributed by atoms with van der Waals surface area (Å²) in [4.78, 5) is 10.8. The molecule has 2 saturated carbocycles. The Kier molecular flexibility index (Phi) is 6.58. The normalized spacial score (nSPS) is 38.6. The Bertz CT molecular complexity index is 267. The first-order valence-corrected chi connectivity index (χ1v) is 9.16. The highest BCUT2D eigenvalue weighted by molar-refractivity contribution is 5.53. The standard InChI is InChI=1S/C19H34O/c1-15-6-5-7-16(2)19(15)9-4-3-8-17-10-12-18(14-20)13-11-17/h14-19H,3-13H2,1-2H3. The van der Waals surface area contributed by atoms with Crippen LogP contribution in [0.4, 0.5) is 0 Å². The predicted molar refractivity (Wildman–Crippen MR) is 85.6 cm³/mol. The highest BCUT2D eigenvalue weighted by Crippen LogP contribution is 2.38. The number of hydrogen-bond donors (Lipinski definition) is 0. The van der Waals surface area contributed by atoms with Crippen LogP contribution in [0.5, 0.6) is 0 Å². The number of hydrogen-bond acceptors (Lipinski definition) is 1. The molecule has 0 aromatic rings. The van der Waals surface area contributed by atoms with Crippen LogP contribution in [0.25, 0.3) is 0 Å². The lowest BCUT2D eigenvalue weighted by Gasteiger charge is -2.35. The summed E-state index contributed by atoms with van der Waals surface area (Å²) in [5.74, 6) is 4.22. The van der Waals surface area contributed by atoms with E-state index < -0.39 is 0 Å². The summed E-state index contributed by atoms with van der Waals surface area (Å²) >= 11 is 0. The molecule has 0 aromatic carbocycles. The monoisotopic (exact) mass is 278 g/mol. The molecule has 2 atom stereocenters. The molecule has 0 bridgehead atoms. The second kappa shape index (κ2) is 8.20. The van der Waals surface area contributed by atoms with E-state index in [2.05, 4.69) is 13.8 Å². The Hall–Kier alpha value is -0.330. The van der Waals surface area contributed by atoms with Gasteiger partial charge in [0.05, 0.1) is 0 Å². The average molecular weight is 278 g/mol. The number of carbonyl (C=O) groups excluding carboxylic acids is 1. The summed E-state index contributed by atoms with van der Waals surface area (Å²) in [6.07, 6.45) is 16.2. The van der Waals surface area contributed by atoms with Gasteiger partial charge in [0, 0.05) is 5.92 Å². The minimum Gasteiger partial charge on any atom is -0.303 e. The molecule has 2 aliphatic carbocycles. The van der Waals surface area contributed by atoms with Crippen molar-refractivity contribution in [2.24, 2.45) is 29.6 Å². The van der Waals surface area contributed by atoms with Crippen LogP contribution in [0.3, 0.4) is 0 Å². The summed E-state index contributed by atoms with van der Waals surface area (Å²) in [5, 5.41) is 0. The van der Waals surface area contributed by atoms with Gasteiger partial charge in [0.15, 0.2) is 0 Å². The van der Waals surface area contributed by atoms with Crippen molar-refractivity contribution in [3.8, 4) is 0 Å². The van der Waals surface area contributed by atoms with Gasteiger partial charge in [-0.1, -0.05) is 52.4 Å². The van der Waals surface area contributed by atoms with E-state index in [-0.39, 0.29) is 0 Å². The maximum absolute atomic E-state index is 10.8. The SMILES string of the molecule is CC1CCCC(C)C1CCCCC1CCC(C=O)CC1. The van der Waals surface area contributed by atoms with E-state index in [1.807, 2.05) is 0 Å². The van der Waals surface area contributed by atoms with Gasteiger partial charge in [-0.05, 0) is 55.8 Å². The highest BCUT2D eigenvalue weighted by atomic mass is 16.1. The van der Waals surface area contributed by atoms with Crippen molar-refractivity contribution in [3.05, 3.63) is 0 Å². The van der Waals surface area contributed by atoms with Gasteiger partial charge in [0.2, 0.25) is 0 Å². The van der Waals surface area contributed by atoms with Gasteiger partial charge in [0.1, 0.15) is 6.29 Å². The predicted octanol–water partition coefficient (Wildman–Crippen LogP) is 5.62. The van der Waals surface area contributed by atoms with E-state index in [0.717, 1.165) is 36.5 Å². The third kappa shape index (κ3) is 4.60. The van der Waals surface area contributed by atoms with Gasteiger partial charge in [-0.3, -0.25) is 0 Å². The van der Waals surface area contributed by atoms with Crippen molar-refractivity contribution in [2.75, 3.05) is 0 Å². The largest absolute Gasteiger partial charge is 0.303 e. The zero-order chi connectivity index (χ0) is 14.4. The van der Waals surface area contributed by atoms with E-state index in [1.165, 1.54) is 64.1 Å². The van der Waals surface area contributed by atoms with Gasteiger partial charge in [-0.2, -0.15) is 0 Å². The lowest BCUT2D eigenvalue weighted by Crippen LogP contribution is -2.24. The Morgan fingerprint density at radius 3 is 2.05 bits per heavy atom. The Morgan fingerprint density at radius 1 is 0.850 bits per heavy atom. The molecule has 2 rings (SSSR count). The molecule has 0 radical (unpaired) electrons. The fourth-order valence-electron chi connectivity index (χ4n) is 4.75. The zero-order valence-corrected chi connectivity index (χ0v) is 13.7. The summed E-state index contributed by atoms with van der Waals surface area (Å²) in [7, 11) is 0.